The summed E-state index contributed by atoms with van der Waals surface area (Å²) >= 11 is 0. The fourth-order valence-corrected chi connectivity index (χ4v) is 4.75. The summed E-state index contributed by atoms with van der Waals surface area (Å²) < 4.78 is 21.6. The van der Waals surface area contributed by atoms with Crippen LogP contribution in [0.5, 0.6) is 17.2 Å². The third kappa shape index (κ3) is 2.62. The third-order valence-electron chi connectivity index (χ3n) is 6.14. The minimum atomic E-state index is -0.809. The van der Waals surface area contributed by atoms with E-state index in [-0.39, 0.29) is 29.2 Å². The van der Waals surface area contributed by atoms with Gasteiger partial charge in [0.1, 0.15) is 0 Å². The maximum Gasteiger partial charge on any atom is 0.208 e. The van der Waals surface area contributed by atoms with Crippen molar-refractivity contribution in [1.82, 2.24) is 0 Å². The van der Waals surface area contributed by atoms with Crippen LogP contribution in [0, 0.1) is 17.3 Å². The van der Waals surface area contributed by atoms with E-state index in [4.69, 9.17) is 18.9 Å². The Kier molecular flexibility index (Phi) is 5.24. The zero-order valence-electron chi connectivity index (χ0n) is 16.9. The number of rotatable bonds is 7. The van der Waals surface area contributed by atoms with Crippen molar-refractivity contribution in [2.45, 2.75) is 19.3 Å². The number of carbonyl (C=O) groups excluding carboxylic acids is 2. The number of hydrogen-bond acceptors (Lipinski definition) is 6. The lowest BCUT2D eigenvalue weighted by Crippen LogP contribution is -2.38. The molecule has 0 unspecified atom stereocenters. The molecule has 3 rings (SSSR count). The van der Waals surface area contributed by atoms with Crippen LogP contribution in [-0.4, -0.2) is 40.0 Å². The number of methoxy groups -OCH3 is 4. The quantitative estimate of drug-likeness (QED) is 0.529. The smallest absolute Gasteiger partial charge is 0.208 e. The van der Waals surface area contributed by atoms with Crippen LogP contribution in [-0.2, 0) is 14.3 Å². The van der Waals surface area contributed by atoms with Crippen molar-refractivity contribution in [3.8, 4) is 17.2 Å². The van der Waals surface area contributed by atoms with Gasteiger partial charge in [0.15, 0.2) is 23.0 Å². The first-order valence-electron chi connectivity index (χ1n) is 9.16. The zero-order valence-corrected chi connectivity index (χ0v) is 16.9. The molecule has 150 valence electrons. The van der Waals surface area contributed by atoms with Gasteiger partial charge in [0.05, 0.1) is 39.8 Å². The Labute approximate surface area is 165 Å². The normalized spacial score (nSPS) is 28.6. The number of benzene rings is 1. The van der Waals surface area contributed by atoms with E-state index in [2.05, 4.69) is 6.58 Å². The largest absolute Gasteiger partial charge is 0.493 e. The Morgan fingerprint density at radius 2 is 1.64 bits per heavy atom. The maximum absolute atomic E-state index is 13.3. The molecule has 1 fully saturated rings. The van der Waals surface area contributed by atoms with Gasteiger partial charge in [-0.2, -0.15) is 0 Å². The average molecular weight is 386 g/mol. The second kappa shape index (κ2) is 7.34. The van der Waals surface area contributed by atoms with Gasteiger partial charge in [-0.25, -0.2) is 0 Å². The highest BCUT2D eigenvalue weighted by atomic mass is 16.5. The van der Waals surface area contributed by atoms with Crippen molar-refractivity contribution in [2.24, 2.45) is 17.3 Å². The van der Waals surface area contributed by atoms with Gasteiger partial charge in [-0.1, -0.05) is 13.0 Å². The van der Waals surface area contributed by atoms with Crippen LogP contribution in [0.4, 0.5) is 0 Å². The standard InChI is InChI=1S/C22H26O6/c1-7-8-22-11-16(27-5)19(23)18(21(22)24)17(12(22)2)13-9-14(25-3)20(28-6)15(10-13)26-4/h7,9-12,17-18H,1,8H2,2-6H3/t12-,17+,18+,22+/m0/s1. The summed E-state index contributed by atoms with van der Waals surface area (Å²) in [5.74, 6) is 0.0494. The van der Waals surface area contributed by atoms with E-state index in [9.17, 15) is 9.59 Å². The SMILES string of the molecule is C=CC[C@]12C=C(OC)C(=O)[C@H](C1=O)[C@@H](c1cc(OC)c(OC)c(OC)c1)[C@@H]2C. The molecule has 1 saturated carbocycles. The fraction of sp³-hybridized carbons (Fsp3) is 0.455. The molecule has 2 bridgehead atoms. The Bertz CT molecular complexity index is 830. The van der Waals surface area contributed by atoms with E-state index in [1.807, 2.05) is 19.1 Å². The lowest BCUT2D eigenvalue weighted by Gasteiger charge is -2.31. The van der Waals surface area contributed by atoms with E-state index in [0.717, 1.165) is 5.56 Å². The lowest BCUT2D eigenvalue weighted by molar-refractivity contribution is -0.136. The highest BCUT2D eigenvalue weighted by Gasteiger charge is 2.62. The Morgan fingerprint density at radius 1 is 1.04 bits per heavy atom. The highest BCUT2D eigenvalue weighted by Crippen LogP contribution is 2.59. The Hall–Kier alpha value is -2.76. The number of allylic oxidation sites excluding steroid dienone is 3. The van der Waals surface area contributed by atoms with Crippen LogP contribution in [0.25, 0.3) is 0 Å². The van der Waals surface area contributed by atoms with Gasteiger partial charge in [-0.3, -0.25) is 9.59 Å². The van der Waals surface area contributed by atoms with Crippen molar-refractivity contribution in [1.29, 1.82) is 0 Å². The fourth-order valence-electron chi connectivity index (χ4n) is 4.75. The van der Waals surface area contributed by atoms with Gasteiger partial charge in [0.2, 0.25) is 11.5 Å². The van der Waals surface area contributed by atoms with Gasteiger partial charge < -0.3 is 18.9 Å². The van der Waals surface area contributed by atoms with Crippen LogP contribution in [0.2, 0.25) is 0 Å². The first-order chi connectivity index (χ1) is 13.4. The van der Waals surface area contributed by atoms with Crippen LogP contribution >= 0.6 is 0 Å². The molecule has 0 spiro atoms. The van der Waals surface area contributed by atoms with E-state index in [1.54, 1.807) is 12.2 Å². The summed E-state index contributed by atoms with van der Waals surface area (Å²) in [7, 11) is 6.07. The third-order valence-corrected chi connectivity index (χ3v) is 6.14. The molecule has 0 N–H and O–H groups in total. The van der Waals surface area contributed by atoms with Crippen molar-refractivity contribution in [3.05, 3.63) is 42.2 Å². The number of fused-ring (bicyclic) bond motifs is 2. The van der Waals surface area contributed by atoms with Crippen molar-refractivity contribution >= 4 is 11.6 Å². The molecular weight excluding hydrogens is 360 g/mol. The summed E-state index contributed by atoms with van der Waals surface area (Å²) in [4.78, 5) is 26.3. The number of hydrogen-bond donors (Lipinski definition) is 0. The van der Waals surface area contributed by atoms with Crippen LogP contribution in [0.3, 0.4) is 0 Å². The molecule has 1 aromatic carbocycles. The molecule has 1 aromatic rings. The maximum atomic E-state index is 13.3. The predicted molar refractivity (Wildman–Crippen MR) is 104 cm³/mol. The molecule has 2 aliphatic rings. The molecule has 0 amide bonds. The monoisotopic (exact) mass is 386 g/mol. The number of carbonyl (C=O) groups is 2. The molecule has 0 aromatic heterocycles. The first-order valence-corrected chi connectivity index (χ1v) is 9.16. The van der Waals surface area contributed by atoms with Gasteiger partial charge in [0.25, 0.3) is 0 Å². The van der Waals surface area contributed by atoms with Gasteiger partial charge in [0, 0.05) is 5.92 Å². The number of ether oxygens (including phenoxy) is 4. The second-order valence-corrected chi connectivity index (χ2v) is 7.23. The lowest BCUT2D eigenvalue weighted by atomic mass is 9.71. The summed E-state index contributed by atoms with van der Waals surface area (Å²) in [5.41, 5.74) is -0.0121. The highest BCUT2D eigenvalue weighted by molar-refractivity contribution is 6.17. The van der Waals surface area contributed by atoms with Crippen molar-refractivity contribution in [3.63, 3.8) is 0 Å². The minimum Gasteiger partial charge on any atom is -0.493 e. The van der Waals surface area contributed by atoms with Crippen LogP contribution in [0.1, 0.15) is 24.8 Å². The predicted octanol–water partition coefficient (Wildman–Crippen LogP) is 3.31. The van der Waals surface area contributed by atoms with E-state index in [0.29, 0.717) is 23.7 Å². The molecule has 0 heterocycles. The molecule has 2 aliphatic carbocycles. The zero-order chi connectivity index (χ0) is 20.6. The van der Waals surface area contributed by atoms with Gasteiger partial charge in [-0.15, -0.1) is 6.58 Å². The van der Waals surface area contributed by atoms with E-state index < -0.39 is 11.3 Å². The first kappa shape index (κ1) is 20.0. The summed E-state index contributed by atoms with van der Waals surface area (Å²) in [5, 5.41) is 0. The van der Waals surface area contributed by atoms with Gasteiger partial charge >= 0.3 is 0 Å². The molecule has 4 atom stereocenters. The topological polar surface area (TPSA) is 71.1 Å². The van der Waals surface area contributed by atoms with Crippen molar-refractivity contribution in [2.75, 3.05) is 28.4 Å². The molecule has 0 aliphatic heterocycles. The molecule has 28 heavy (non-hydrogen) atoms. The summed E-state index contributed by atoms with van der Waals surface area (Å²) in [6, 6.07) is 3.63. The molecule has 0 saturated heterocycles. The molecule has 6 heteroatoms. The van der Waals surface area contributed by atoms with Gasteiger partial charge in [-0.05, 0) is 36.1 Å². The van der Waals surface area contributed by atoms with Crippen LogP contribution in [0.15, 0.2) is 36.6 Å². The van der Waals surface area contributed by atoms with Crippen LogP contribution < -0.4 is 14.2 Å². The second-order valence-electron chi connectivity index (χ2n) is 7.23. The summed E-state index contributed by atoms with van der Waals surface area (Å²) in [6.45, 7) is 5.81. The number of Topliss-reactive ketones (excluding diaryl/α,β-unsaturated/α-hetero) is 2. The average Bonchev–Trinajstić information content (AvgIpc) is 2.85. The minimum absolute atomic E-state index is 0.0792. The Morgan fingerprint density at radius 3 is 2.11 bits per heavy atom. The van der Waals surface area contributed by atoms with Crippen molar-refractivity contribution < 1.29 is 28.5 Å². The molecular formula is C22H26O6. The van der Waals surface area contributed by atoms with E-state index >= 15 is 0 Å². The summed E-state index contributed by atoms with van der Waals surface area (Å²) in [6.07, 6.45) is 3.87. The molecule has 6 nitrogen and oxygen atoms in total. The number of ketones is 2. The molecule has 0 radical (unpaired) electrons. The Balaban J connectivity index is 2.21. The van der Waals surface area contributed by atoms with E-state index in [1.165, 1.54) is 28.4 Å².